The zero-order valence-electron chi connectivity index (χ0n) is 14.3. The van der Waals surface area contributed by atoms with Crippen molar-refractivity contribution in [2.75, 3.05) is 6.54 Å². The Balaban J connectivity index is 2.07. The average Bonchev–Trinajstić information content (AvgIpc) is 2.82. The molecule has 1 N–H and O–H groups in total. The van der Waals surface area contributed by atoms with Crippen molar-refractivity contribution in [3.05, 3.63) is 15.6 Å². The summed E-state index contributed by atoms with van der Waals surface area (Å²) in [6.45, 7) is 14.5. The molecule has 0 spiro atoms. The molecule has 1 fully saturated rings. The molecule has 1 aliphatic heterocycles. The summed E-state index contributed by atoms with van der Waals surface area (Å²) in [5, 5.41) is 4.84. The molecular formula is C17H31N3S. The first-order valence-electron chi connectivity index (χ1n) is 8.43. The molecule has 21 heavy (non-hydrogen) atoms. The predicted molar refractivity (Wildman–Crippen MR) is 91.9 cm³/mol. The van der Waals surface area contributed by atoms with Gasteiger partial charge >= 0.3 is 0 Å². The van der Waals surface area contributed by atoms with E-state index in [2.05, 4.69) is 44.8 Å². The quantitative estimate of drug-likeness (QED) is 0.856. The summed E-state index contributed by atoms with van der Waals surface area (Å²) in [6.07, 6.45) is 4.06. The molecule has 2 heterocycles. The van der Waals surface area contributed by atoms with Gasteiger partial charge < -0.3 is 5.32 Å². The summed E-state index contributed by atoms with van der Waals surface area (Å²) in [4.78, 5) is 8.99. The average molecular weight is 310 g/mol. The molecule has 0 aliphatic carbocycles. The minimum absolute atomic E-state index is 0.512. The Labute approximate surface area is 134 Å². The van der Waals surface area contributed by atoms with E-state index in [4.69, 9.17) is 4.98 Å². The van der Waals surface area contributed by atoms with E-state index in [0.717, 1.165) is 13.1 Å². The minimum Gasteiger partial charge on any atom is -0.310 e. The highest BCUT2D eigenvalue weighted by Gasteiger charge is 2.21. The third-order valence-corrected chi connectivity index (χ3v) is 5.32. The highest BCUT2D eigenvalue weighted by molar-refractivity contribution is 7.11. The van der Waals surface area contributed by atoms with Crippen molar-refractivity contribution in [2.24, 2.45) is 0 Å². The van der Waals surface area contributed by atoms with Gasteiger partial charge in [-0.3, -0.25) is 4.90 Å². The van der Waals surface area contributed by atoms with Crippen molar-refractivity contribution >= 4 is 11.3 Å². The van der Waals surface area contributed by atoms with Crippen LogP contribution in [0.4, 0.5) is 0 Å². The molecular weight excluding hydrogens is 278 g/mol. The molecule has 4 heteroatoms. The van der Waals surface area contributed by atoms with Crippen molar-refractivity contribution in [2.45, 2.75) is 85.0 Å². The molecule has 1 aliphatic rings. The van der Waals surface area contributed by atoms with Gasteiger partial charge in [0.2, 0.25) is 0 Å². The van der Waals surface area contributed by atoms with E-state index in [1.807, 2.05) is 11.3 Å². The van der Waals surface area contributed by atoms with Gasteiger partial charge in [0.15, 0.2) is 0 Å². The van der Waals surface area contributed by atoms with Gasteiger partial charge in [-0.2, -0.15) is 0 Å². The first kappa shape index (κ1) is 16.9. The summed E-state index contributed by atoms with van der Waals surface area (Å²) < 4.78 is 0. The maximum absolute atomic E-state index is 4.95. The van der Waals surface area contributed by atoms with E-state index in [1.54, 1.807) is 0 Å². The van der Waals surface area contributed by atoms with Gasteiger partial charge in [-0.25, -0.2) is 4.98 Å². The number of likely N-dealkylation sites (tertiary alicyclic amines) is 1. The summed E-state index contributed by atoms with van der Waals surface area (Å²) in [5.74, 6) is 0.512. The number of aromatic nitrogens is 1. The molecule has 2 rings (SSSR count). The Morgan fingerprint density at radius 3 is 2.67 bits per heavy atom. The van der Waals surface area contributed by atoms with Crippen LogP contribution < -0.4 is 5.32 Å². The highest BCUT2D eigenvalue weighted by atomic mass is 32.1. The number of piperidine rings is 1. The zero-order valence-corrected chi connectivity index (χ0v) is 15.1. The molecule has 1 aromatic heterocycles. The zero-order chi connectivity index (χ0) is 15.4. The smallest absolute Gasteiger partial charge is 0.107 e. The number of hydrogen-bond acceptors (Lipinski definition) is 4. The number of hydrogen-bond donors (Lipinski definition) is 1. The first-order valence-corrected chi connectivity index (χ1v) is 9.25. The lowest BCUT2D eigenvalue weighted by Crippen LogP contribution is -2.36. The van der Waals surface area contributed by atoms with Crippen molar-refractivity contribution in [3.8, 4) is 0 Å². The van der Waals surface area contributed by atoms with Gasteiger partial charge in [-0.05, 0) is 32.2 Å². The molecule has 1 aromatic rings. The normalized spacial score (nSPS) is 20.6. The Kier molecular flexibility index (Phi) is 6.20. The second kappa shape index (κ2) is 7.70. The number of nitrogens with one attached hydrogen (secondary N) is 1. The van der Waals surface area contributed by atoms with Crippen LogP contribution in [0.1, 0.15) is 75.4 Å². The van der Waals surface area contributed by atoms with Gasteiger partial charge in [0, 0.05) is 23.5 Å². The molecule has 1 unspecified atom stereocenters. The van der Waals surface area contributed by atoms with Gasteiger partial charge in [0.1, 0.15) is 5.01 Å². The van der Waals surface area contributed by atoms with Crippen LogP contribution in [0.15, 0.2) is 0 Å². The van der Waals surface area contributed by atoms with Gasteiger partial charge in [-0.15, -0.1) is 11.3 Å². The summed E-state index contributed by atoms with van der Waals surface area (Å²) in [7, 11) is 0. The van der Waals surface area contributed by atoms with E-state index >= 15 is 0 Å². The van der Waals surface area contributed by atoms with Crippen LogP contribution in [-0.4, -0.2) is 28.5 Å². The van der Waals surface area contributed by atoms with E-state index < -0.39 is 0 Å². The number of nitrogens with zero attached hydrogens (tertiary/aromatic N) is 2. The Morgan fingerprint density at radius 1 is 1.29 bits per heavy atom. The van der Waals surface area contributed by atoms with Crippen LogP contribution in [0.25, 0.3) is 0 Å². The largest absolute Gasteiger partial charge is 0.310 e. The lowest BCUT2D eigenvalue weighted by molar-refractivity contribution is 0.152. The molecule has 0 saturated carbocycles. The van der Waals surface area contributed by atoms with E-state index in [9.17, 15) is 0 Å². The summed E-state index contributed by atoms with van der Waals surface area (Å²) in [5.41, 5.74) is 1.30. The van der Waals surface area contributed by atoms with Crippen molar-refractivity contribution in [1.82, 2.24) is 15.2 Å². The second-order valence-corrected chi connectivity index (χ2v) is 8.09. The fourth-order valence-corrected chi connectivity index (χ4v) is 4.12. The fourth-order valence-electron chi connectivity index (χ4n) is 2.92. The van der Waals surface area contributed by atoms with Gasteiger partial charge in [0.25, 0.3) is 0 Å². The molecule has 1 atom stereocenters. The predicted octanol–water partition coefficient (Wildman–Crippen LogP) is 4.14. The number of thiazole rings is 1. The van der Waals surface area contributed by atoms with Crippen molar-refractivity contribution < 1.29 is 0 Å². The standard InChI is InChI=1S/C17H31N3S/c1-12(2)17-15(10-18-13(3)4)21-16(19-17)11-20-9-7-6-8-14(20)5/h12-14,18H,6-11H2,1-5H3. The molecule has 0 radical (unpaired) electrons. The van der Waals surface area contributed by atoms with Gasteiger partial charge in [0.05, 0.1) is 12.2 Å². The first-order chi connectivity index (χ1) is 9.97. The summed E-state index contributed by atoms with van der Waals surface area (Å²) >= 11 is 1.91. The van der Waals surface area contributed by atoms with E-state index in [0.29, 0.717) is 18.0 Å². The van der Waals surface area contributed by atoms with Crippen LogP contribution in [0.3, 0.4) is 0 Å². The lowest BCUT2D eigenvalue weighted by atomic mass is 10.0. The molecule has 0 bridgehead atoms. The maximum Gasteiger partial charge on any atom is 0.107 e. The van der Waals surface area contributed by atoms with E-state index in [1.165, 1.54) is 41.4 Å². The van der Waals surface area contributed by atoms with Crippen LogP contribution in [0.2, 0.25) is 0 Å². The van der Waals surface area contributed by atoms with Crippen molar-refractivity contribution in [3.63, 3.8) is 0 Å². The lowest BCUT2D eigenvalue weighted by Gasteiger charge is -2.32. The molecule has 0 aromatic carbocycles. The van der Waals surface area contributed by atoms with Crippen LogP contribution in [0, 0.1) is 0 Å². The molecule has 120 valence electrons. The van der Waals surface area contributed by atoms with Gasteiger partial charge in [-0.1, -0.05) is 34.1 Å². The Morgan fingerprint density at radius 2 is 2.05 bits per heavy atom. The molecule has 0 amide bonds. The third kappa shape index (κ3) is 4.76. The molecule has 3 nitrogen and oxygen atoms in total. The fraction of sp³-hybridized carbons (Fsp3) is 0.824. The third-order valence-electron chi connectivity index (χ3n) is 4.27. The maximum atomic E-state index is 4.95. The van der Waals surface area contributed by atoms with Crippen LogP contribution in [-0.2, 0) is 13.1 Å². The topological polar surface area (TPSA) is 28.2 Å². The summed E-state index contributed by atoms with van der Waals surface area (Å²) in [6, 6.07) is 1.24. The number of rotatable bonds is 6. The highest BCUT2D eigenvalue weighted by Crippen LogP contribution is 2.28. The Hall–Kier alpha value is -0.450. The van der Waals surface area contributed by atoms with Crippen LogP contribution >= 0.6 is 11.3 Å². The van der Waals surface area contributed by atoms with Crippen molar-refractivity contribution in [1.29, 1.82) is 0 Å². The second-order valence-electron chi connectivity index (χ2n) is 6.92. The SMILES string of the molecule is CC(C)NCc1sc(CN2CCCCC2C)nc1C(C)C. The minimum atomic E-state index is 0.512. The monoisotopic (exact) mass is 309 g/mol. The van der Waals surface area contributed by atoms with E-state index in [-0.39, 0.29) is 0 Å². The Bertz CT molecular complexity index is 439. The molecule has 1 saturated heterocycles. The van der Waals surface area contributed by atoms with Crippen LogP contribution in [0.5, 0.6) is 0 Å².